The molecule has 1 fully saturated rings. The quantitative estimate of drug-likeness (QED) is 0.930. The van der Waals surface area contributed by atoms with Crippen molar-refractivity contribution in [3.05, 3.63) is 31.9 Å². The van der Waals surface area contributed by atoms with Crippen LogP contribution in [0.2, 0.25) is 0 Å². The SMILES string of the molecule is CCn1c(C2CCNCC2)nn(Cc2nc(C)c(C)s2)c1=O. The number of aromatic nitrogens is 4. The molecule has 3 heterocycles. The van der Waals surface area contributed by atoms with E-state index in [-0.39, 0.29) is 5.69 Å². The molecular weight excluding hydrogens is 298 g/mol. The van der Waals surface area contributed by atoms with E-state index in [9.17, 15) is 4.79 Å². The number of thiazole rings is 1. The van der Waals surface area contributed by atoms with Gasteiger partial charge in [-0.3, -0.25) is 4.57 Å². The van der Waals surface area contributed by atoms with Crippen molar-refractivity contribution in [2.45, 2.75) is 52.6 Å². The molecule has 3 rings (SSSR count). The van der Waals surface area contributed by atoms with Gasteiger partial charge in [0, 0.05) is 17.3 Å². The van der Waals surface area contributed by atoms with Gasteiger partial charge in [0.1, 0.15) is 10.8 Å². The Hall–Kier alpha value is -1.47. The second-order valence-corrected chi connectivity index (χ2v) is 7.10. The van der Waals surface area contributed by atoms with E-state index in [1.54, 1.807) is 16.0 Å². The van der Waals surface area contributed by atoms with Crippen molar-refractivity contribution in [3.8, 4) is 0 Å². The van der Waals surface area contributed by atoms with Gasteiger partial charge in [0.05, 0.1) is 12.2 Å². The van der Waals surface area contributed by atoms with Crippen molar-refractivity contribution in [1.29, 1.82) is 0 Å². The van der Waals surface area contributed by atoms with Gasteiger partial charge in [0.2, 0.25) is 0 Å². The standard InChI is InChI=1S/C15H23N5OS/c1-4-19-14(12-5-7-16-8-6-12)18-20(15(19)21)9-13-17-10(2)11(3)22-13/h12,16H,4-9H2,1-3H3. The molecule has 0 bridgehead atoms. The van der Waals surface area contributed by atoms with Crippen molar-refractivity contribution in [2.24, 2.45) is 0 Å². The summed E-state index contributed by atoms with van der Waals surface area (Å²) >= 11 is 1.65. The first-order valence-electron chi connectivity index (χ1n) is 7.91. The highest BCUT2D eigenvalue weighted by Crippen LogP contribution is 2.23. The average Bonchev–Trinajstić information content (AvgIpc) is 3.00. The Morgan fingerprint density at radius 1 is 1.32 bits per heavy atom. The highest BCUT2D eigenvalue weighted by Gasteiger charge is 2.23. The van der Waals surface area contributed by atoms with Crippen LogP contribution in [0, 0.1) is 13.8 Å². The molecule has 1 aliphatic heterocycles. The maximum atomic E-state index is 12.6. The molecule has 7 heteroatoms. The summed E-state index contributed by atoms with van der Waals surface area (Å²) in [7, 11) is 0. The van der Waals surface area contributed by atoms with Crippen LogP contribution < -0.4 is 11.0 Å². The van der Waals surface area contributed by atoms with Crippen molar-refractivity contribution < 1.29 is 0 Å². The fraction of sp³-hybridized carbons (Fsp3) is 0.667. The molecule has 0 spiro atoms. The van der Waals surface area contributed by atoms with Gasteiger partial charge in [-0.15, -0.1) is 11.3 Å². The number of rotatable bonds is 4. The lowest BCUT2D eigenvalue weighted by atomic mass is 9.97. The molecule has 0 saturated carbocycles. The van der Waals surface area contributed by atoms with E-state index in [1.165, 1.54) is 4.88 Å². The summed E-state index contributed by atoms with van der Waals surface area (Å²) in [6, 6.07) is 0. The van der Waals surface area contributed by atoms with E-state index in [0.717, 1.165) is 42.5 Å². The zero-order valence-corrected chi connectivity index (χ0v) is 14.2. The highest BCUT2D eigenvalue weighted by atomic mass is 32.1. The summed E-state index contributed by atoms with van der Waals surface area (Å²) in [6.45, 7) is 9.22. The maximum Gasteiger partial charge on any atom is 0.346 e. The van der Waals surface area contributed by atoms with Crippen LogP contribution in [0.5, 0.6) is 0 Å². The van der Waals surface area contributed by atoms with E-state index >= 15 is 0 Å². The normalized spacial score (nSPS) is 16.3. The summed E-state index contributed by atoms with van der Waals surface area (Å²) in [5.41, 5.74) is 1.03. The summed E-state index contributed by atoms with van der Waals surface area (Å²) in [4.78, 5) is 18.3. The van der Waals surface area contributed by atoms with Crippen LogP contribution >= 0.6 is 11.3 Å². The van der Waals surface area contributed by atoms with Gasteiger partial charge in [-0.05, 0) is 46.7 Å². The van der Waals surface area contributed by atoms with E-state index in [2.05, 4.69) is 22.3 Å². The third-order valence-corrected chi connectivity index (χ3v) is 5.39. The van der Waals surface area contributed by atoms with Crippen LogP contribution in [0.25, 0.3) is 0 Å². The highest BCUT2D eigenvalue weighted by molar-refractivity contribution is 7.11. The van der Waals surface area contributed by atoms with Gasteiger partial charge in [-0.1, -0.05) is 0 Å². The largest absolute Gasteiger partial charge is 0.346 e. The average molecular weight is 321 g/mol. The molecule has 0 amide bonds. The molecule has 0 radical (unpaired) electrons. The summed E-state index contributed by atoms with van der Waals surface area (Å²) in [5.74, 6) is 1.33. The lowest BCUT2D eigenvalue weighted by Gasteiger charge is -2.21. The van der Waals surface area contributed by atoms with E-state index in [4.69, 9.17) is 0 Å². The van der Waals surface area contributed by atoms with E-state index in [0.29, 0.717) is 19.0 Å². The minimum atomic E-state index is -0.0125. The molecule has 2 aromatic heterocycles. The third-order valence-electron chi connectivity index (χ3n) is 4.33. The van der Waals surface area contributed by atoms with E-state index in [1.807, 2.05) is 18.4 Å². The van der Waals surface area contributed by atoms with Gasteiger partial charge in [-0.2, -0.15) is 5.10 Å². The van der Waals surface area contributed by atoms with Crippen LogP contribution in [0.15, 0.2) is 4.79 Å². The fourth-order valence-corrected chi connectivity index (χ4v) is 3.89. The summed E-state index contributed by atoms with van der Waals surface area (Å²) < 4.78 is 3.40. The van der Waals surface area contributed by atoms with Crippen molar-refractivity contribution in [3.63, 3.8) is 0 Å². The first-order valence-corrected chi connectivity index (χ1v) is 8.73. The fourth-order valence-electron chi connectivity index (χ4n) is 2.98. The lowest BCUT2D eigenvalue weighted by molar-refractivity contribution is 0.429. The lowest BCUT2D eigenvalue weighted by Crippen LogP contribution is -2.29. The molecule has 0 unspecified atom stereocenters. The Kier molecular flexibility index (Phi) is 4.44. The number of piperidine rings is 1. The van der Waals surface area contributed by atoms with Crippen molar-refractivity contribution >= 4 is 11.3 Å². The van der Waals surface area contributed by atoms with Crippen LogP contribution in [0.3, 0.4) is 0 Å². The minimum Gasteiger partial charge on any atom is -0.317 e. The zero-order chi connectivity index (χ0) is 15.7. The van der Waals surface area contributed by atoms with E-state index < -0.39 is 0 Å². The zero-order valence-electron chi connectivity index (χ0n) is 13.4. The first kappa shape index (κ1) is 15.4. The Bertz CT molecular complexity index is 689. The Morgan fingerprint density at radius 2 is 2.05 bits per heavy atom. The monoisotopic (exact) mass is 321 g/mol. The van der Waals surface area contributed by atoms with Crippen molar-refractivity contribution in [1.82, 2.24) is 24.6 Å². The maximum absolute atomic E-state index is 12.6. The Morgan fingerprint density at radius 3 is 2.64 bits per heavy atom. The topological polar surface area (TPSA) is 64.7 Å². The molecule has 0 atom stereocenters. The van der Waals surface area contributed by atoms with Gasteiger partial charge in [-0.25, -0.2) is 14.5 Å². The van der Waals surface area contributed by atoms with Crippen LogP contribution in [0.1, 0.15) is 47.1 Å². The van der Waals surface area contributed by atoms with Gasteiger partial charge < -0.3 is 5.32 Å². The molecule has 1 aliphatic rings. The number of aryl methyl sites for hydroxylation is 2. The number of hydrogen-bond acceptors (Lipinski definition) is 5. The Labute approximate surface area is 134 Å². The predicted octanol–water partition coefficient (Wildman–Crippen LogP) is 1.65. The predicted molar refractivity (Wildman–Crippen MR) is 87.7 cm³/mol. The van der Waals surface area contributed by atoms with Crippen LogP contribution in [-0.2, 0) is 13.1 Å². The molecule has 1 saturated heterocycles. The summed E-state index contributed by atoms with van der Waals surface area (Å²) in [5, 5.41) is 8.96. The second kappa shape index (κ2) is 6.34. The van der Waals surface area contributed by atoms with Crippen LogP contribution in [0.4, 0.5) is 0 Å². The van der Waals surface area contributed by atoms with Gasteiger partial charge in [0.25, 0.3) is 0 Å². The van der Waals surface area contributed by atoms with Crippen LogP contribution in [-0.4, -0.2) is 32.4 Å². The number of nitrogens with zero attached hydrogens (tertiary/aromatic N) is 4. The molecular formula is C15H23N5OS. The minimum absolute atomic E-state index is 0.0125. The molecule has 120 valence electrons. The van der Waals surface area contributed by atoms with Gasteiger partial charge >= 0.3 is 5.69 Å². The molecule has 6 nitrogen and oxygen atoms in total. The second-order valence-electron chi connectivity index (χ2n) is 5.82. The Balaban J connectivity index is 1.91. The smallest absolute Gasteiger partial charge is 0.317 e. The molecule has 0 aromatic carbocycles. The molecule has 2 aromatic rings. The summed E-state index contributed by atoms with van der Waals surface area (Å²) in [6.07, 6.45) is 2.10. The third kappa shape index (κ3) is 2.87. The van der Waals surface area contributed by atoms with Crippen molar-refractivity contribution in [2.75, 3.05) is 13.1 Å². The molecule has 0 aliphatic carbocycles. The first-order chi connectivity index (χ1) is 10.6. The molecule has 22 heavy (non-hydrogen) atoms. The van der Waals surface area contributed by atoms with Gasteiger partial charge in [0.15, 0.2) is 0 Å². The molecule has 1 N–H and O–H groups in total. The number of hydrogen-bond donors (Lipinski definition) is 1. The number of nitrogens with one attached hydrogen (secondary N) is 1.